The highest BCUT2D eigenvalue weighted by Gasteiger charge is 2.09. The lowest BCUT2D eigenvalue weighted by molar-refractivity contribution is -0.136. The van der Waals surface area contributed by atoms with E-state index >= 15 is 0 Å². The van der Waals surface area contributed by atoms with Gasteiger partial charge in [0.25, 0.3) is 5.56 Å². The molecule has 2 aromatic rings. The molecule has 6 nitrogen and oxygen atoms in total. The van der Waals surface area contributed by atoms with Crippen molar-refractivity contribution in [3.8, 4) is 11.6 Å². The zero-order chi connectivity index (χ0) is 11.5. The van der Waals surface area contributed by atoms with Crippen LogP contribution in [0.3, 0.4) is 0 Å². The van der Waals surface area contributed by atoms with E-state index < -0.39 is 11.5 Å². The van der Waals surface area contributed by atoms with Crippen molar-refractivity contribution in [3.63, 3.8) is 0 Å². The molecule has 0 radical (unpaired) electrons. The van der Waals surface area contributed by atoms with Crippen molar-refractivity contribution in [1.82, 2.24) is 9.97 Å². The largest absolute Gasteiger partial charge is 0.481 e. The summed E-state index contributed by atoms with van der Waals surface area (Å²) in [5.74, 6) is -0.360. The molecule has 0 atom stereocenters. The van der Waals surface area contributed by atoms with E-state index in [0.29, 0.717) is 5.76 Å². The van der Waals surface area contributed by atoms with E-state index in [2.05, 4.69) is 9.97 Å². The van der Waals surface area contributed by atoms with Crippen LogP contribution in [0, 0.1) is 0 Å². The van der Waals surface area contributed by atoms with E-state index in [9.17, 15) is 9.59 Å². The van der Waals surface area contributed by atoms with Gasteiger partial charge in [0.15, 0.2) is 11.6 Å². The van der Waals surface area contributed by atoms with Gasteiger partial charge < -0.3 is 14.5 Å². The zero-order valence-electron chi connectivity index (χ0n) is 8.14. The number of carbonyl (C=O) groups is 1. The SMILES string of the molecule is O=C(O)Cc1cnc(-c2ccco2)[nH]c1=O. The van der Waals surface area contributed by atoms with Crippen molar-refractivity contribution in [2.24, 2.45) is 0 Å². The van der Waals surface area contributed by atoms with Gasteiger partial charge in [0.2, 0.25) is 0 Å². The third-order valence-corrected chi connectivity index (χ3v) is 1.97. The second-order valence-electron chi connectivity index (χ2n) is 3.13. The van der Waals surface area contributed by atoms with Crippen molar-refractivity contribution in [1.29, 1.82) is 0 Å². The van der Waals surface area contributed by atoms with E-state index in [1.54, 1.807) is 12.1 Å². The van der Waals surface area contributed by atoms with Gasteiger partial charge in [-0.15, -0.1) is 0 Å². The van der Waals surface area contributed by atoms with Gasteiger partial charge >= 0.3 is 5.97 Å². The molecule has 2 heterocycles. The molecule has 2 N–H and O–H groups in total. The maximum absolute atomic E-state index is 11.5. The Morgan fingerprint density at radius 1 is 1.56 bits per heavy atom. The number of rotatable bonds is 3. The van der Waals surface area contributed by atoms with Gasteiger partial charge in [-0.1, -0.05) is 0 Å². The lowest BCUT2D eigenvalue weighted by Gasteiger charge is -1.98. The number of aliphatic carboxylic acids is 1. The summed E-state index contributed by atoms with van der Waals surface area (Å²) in [7, 11) is 0. The summed E-state index contributed by atoms with van der Waals surface area (Å²) in [6.07, 6.45) is 2.35. The van der Waals surface area contributed by atoms with Crippen LogP contribution in [0.1, 0.15) is 5.56 Å². The molecule has 0 aromatic carbocycles. The first-order valence-electron chi connectivity index (χ1n) is 4.50. The highest BCUT2D eigenvalue weighted by atomic mass is 16.4. The average molecular weight is 220 g/mol. The lowest BCUT2D eigenvalue weighted by Crippen LogP contribution is -2.17. The molecule has 0 bridgehead atoms. The lowest BCUT2D eigenvalue weighted by atomic mass is 10.2. The Bertz CT molecular complexity index is 556. The Labute approximate surface area is 89.6 Å². The Hall–Kier alpha value is -2.37. The monoisotopic (exact) mass is 220 g/mol. The van der Waals surface area contributed by atoms with E-state index in [1.165, 1.54) is 12.5 Å². The highest BCUT2D eigenvalue weighted by molar-refractivity contribution is 5.69. The third kappa shape index (κ3) is 2.00. The molecule has 0 aliphatic heterocycles. The predicted molar refractivity (Wildman–Crippen MR) is 53.9 cm³/mol. The summed E-state index contributed by atoms with van der Waals surface area (Å²) in [5.41, 5.74) is -0.355. The second kappa shape index (κ2) is 4.01. The molecule has 0 amide bonds. The van der Waals surface area contributed by atoms with Gasteiger partial charge in [-0.25, -0.2) is 4.98 Å². The number of carboxylic acid groups (broad SMARTS) is 1. The molecule has 0 aliphatic carbocycles. The number of hydrogen-bond acceptors (Lipinski definition) is 4. The fourth-order valence-corrected chi connectivity index (χ4v) is 1.25. The van der Waals surface area contributed by atoms with Crippen LogP contribution in [-0.4, -0.2) is 21.0 Å². The summed E-state index contributed by atoms with van der Waals surface area (Å²) in [5, 5.41) is 8.55. The van der Waals surface area contributed by atoms with Crippen molar-refractivity contribution in [2.45, 2.75) is 6.42 Å². The van der Waals surface area contributed by atoms with E-state index in [0.717, 1.165) is 0 Å². The molecular formula is C10H8N2O4. The normalized spacial score (nSPS) is 10.2. The molecule has 0 spiro atoms. The summed E-state index contributed by atoms with van der Waals surface area (Å²) in [4.78, 5) is 28.3. The van der Waals surface area contributed by atoms with Crippen LogP contribution in [0.5, 0.6) is 0 Å². The van der Waals surface area contributed by atoms with Crippen LogP contribution >= 0.6 is 0 Å². The molecule has 82 valence electrons. The summed E-state index contributed by atoms with van der Waals surface area (Å²) < 4.78 is 5.05. The first kappa shape index (κ1) is 10.2. The zero-order valence-corrected chi connectivity index (χ0v) is 8.14. The van der Waals surface area contributed by atoms with Gasteiger partial charge in [-0.3, -0.25) is 9.59 Å². The number of nitrogens with one attached hydrogen (secondary N) is 1. The van der Waals surface area contributed by atoms with Gasteiger partial charge in [0.05, 0.1) is 12.7 Å². The van der Waals surface area contributed by atoms with Crippen LogP contribution in [0.2, 0.25) is 0 Å². The van der Waals surface area contributed by atoms with Crippen LogP contribution in [0.15, 0.2) is 33.8 Å². The number of aromatic nitrogens is 2. The van der Waals surface area contributed by atoms with Crippen molar-refractivity contribution in [3.05, 3.63) is 40.5 Å². The van der Waals surface area contributed by atoms with Gasteiger partial charge in [-0.05, 0) is 12.1 Å². The predicted octanol–water partition coefficient (Wildman–Crippen LogP) is 0.657. The number of aromatic amines is 1. The fourth-order valence-electron chi connectivity index (χ4n) is 1.25. The molecule has 2 rings (SSSR count). The van der Waals surface area contributed by atoms with Crippen molar-refractivity contribution in [2.75, 3.05) is 0 Å². The molecule has 16 heavy (non-hydrogen) atoms. The maximum atomic E-state index is 11.5. The highest BCUT2D eigenvalue weighted by Crippen LogP contribution is 2.12. The van der Waals surface area contributed by atoms with Gasteiger partial charge in [0, 0.05) is 11.8 Å². The minimum atomic E-state index is -1.07. The molecule has 2 aromatic heterocycles. The first-order valence-corrected chi connectivity index (χ1v) is 4.50. The number of furan rings is 1. The summed E-state index contributed by atoms with van der Waals surface area (Å²) in [6, 6.07) is 3.32. The standard InChI is InChI=1S/C10H8N2O4/c13-8(14)4-6-5-11-9(12-10(6)15)7-2-1-3-16-7/h1-3,5H,4H2,(H,13,14)(H,11,12,15). The van der Waals surface area contributed by atoms with Crippen LogP contribution in [-0.2, 0) is 11.2 Å². The molecule has 0 aliphatic rings. The summed E-state index contributed by atoms with van der Waals surface area (Å²) >= 11 is 0. The number of hydrogen-bond donors (Lipinski definition) is 2. The number of carboxylic acids is 1. The van der Waals surface area contributed by atoms with Gasteiger partial charge in [-0.2, -0.15) is 0 Å². The average Bonchev–Trinajstić information content (AvgIpc) is 2.73. The van der Waals surface area contributed by atoms with Gasteiger partial charge in [0.1, 0.15) is 0 Å². The quantitative estimate of drug-likeness (QED) is 0.791. The fraction of sp³-hybridized carbons (Fsp3) is 0.100. The Morgan fingerprint density at radius 3 is 2.94 bits per heavy atom. The van der Waals surface area contributed by atoms with Crippen molar-refractivity contribution >= 4 is 5.97 Å². The molecule has 6 heteroatoms. The molecule has 0 saturated heterocycles. The van der Waals surface area contributed by atoms with E-state index in [4.69, 9.17) is 9.52 Å². The van der Waals surface area contributed by atoms with E-state index in [1.807, 2.05) is 0 Å². The minimum absolute atomic E-state index is 0.114. The number of H-pyrrole nitrogens is 1. The smallest absolute Gasteiger partial charge is 0.308 e. The molecule has 0 unspecified atom stereocenters. The molecule has 0 saturated carbocycles. The summed E-state index contributed by atoms with van der Waals surface area (Å²) in [6.45, 7) is 0. The molecule has 0 fully saturated rings. The second-order valence-corrected chi connectivity index (χ2v) is 3.13. The molecular weight excluding hydrogens is 212 g/mol. The maximum Gasteiger partial charge on any atom is 0.308 e. The minimum Gasteiger partial charge on any atom is -0.481 e. The first-order chi connectivity index (χ1) is 7.66. The van der Waals surface area contributed by atoms with Crippen molar-refractivity contribution < 1.29 is 14.3 Å². The Balaban J connectivity index is 2.37. The Morgan fingerprint density at radius 2 is 2.38 bits per heavy atom. The van der Waals surface area contributed by atoms with E-state index in [-0.39, 0.29) is 17.8 Å². The number of nitrogens with zero attached hydrogens (tertiary/aromatic N) is 1. The van der Waals surface area contributed by atoms with Crippen LogP contribution in [0.4, 0.5) is 0 Å². The topological polar surface area (TPSA) is 96.2 Å². The van der Waals surface area contributed by atoms with Crippen LogP contribution in [0.25, 0.3) is 11.6 Å². The Kier molecular flexibility index (Phi) is 2.55. The van der Waals surface area contributed by atoms with Crippen LogP contribution < -0.4 is 5.56 Å². The third-order valence-electron chi connectivity index (χ3n) is 1.97.